The van der Waals surface area contributed by atoms with E-state index in [2.05, 4.69) is 31.9 Å². The molecule has 2 saturated heterocycles. The number of benzene rings is 1. The topological polar surface area (TPSA) is 46.6 Å². The summed E-state index contributed by atoms with van der Waals surface area (Å²) in [6, 6.07) is 10.1. The third-order valence-corrected chi connectivity index (χ3v) is 5.75. The van der Waals surface area contributed by atoms with Crippen LogP contribution in [-0.4, -0.2) is 40.3 Å². The Morgan fingerprint density at radius 1 is 1.25 bits per heavy atom. The highest BCUT2D eigenvalue weighted by atomic mass is 16.6. The first-order valence-electron chi connectivity index (χ1n) is 10.3. The maximum Gasteiger partial charge on any atom is 0.542 e. The van der Waals surface area contributed by atoms with Gasteiger partial charge in [0, 0.05) is 18.3 Å². The summed E-state index contributed by atoms with van der Waals surface area (Å²) in [5, 5.41) is 2.03. The van der Waals surface area contributed by atoms with Gasteiger partial charge in [0.2, 0.25) is 0 Å². The highest BCUT2D eigenvalue weighted by Gasteiger charge is 2.57. The van der Waals surface area contributed by atoms with Crippen molar-refractivity contribution >= 4 is 12.0 Å². The molecule has 2 aliphatic rings. The van der Waals surface area contributed by atoms with Crippen molar-refractivity contribution in [1.82, 2.24) is 5.01 Å². The van der Waals surface area contributed by atoms with Gasteiger partial charge in [-0.2, -0.15) is 9.80 Å². The second-order valence-electron chi connectivity index (χ2n) is 9.91. The Bertz CT molecular complexity index is 775. The average Bonchev–Trinajstić information content (AvgIpc) is 3.04. The van der Waals surface area contributed by atoms with Crippen molar-refractivity contribution in [3.05, 3.63) is 41.6 Å². The summed E-state index contributed by atoms with van der Waals surface area (Å²) in [5.41, 5.74) is 1.10. The van der Waals surface area contributed by atoms with E-state index in [1.54, 1.807) is 0 Å². The number of carbonyl (C=O) groups excluding carboxylic acids is 2. The number of nitrogens with zero attached hydrogens (tertiary/aromatic N) is 2. The van der Waals surface area contributed by atoms with E-state index in [1.807, 2.05) is 44.0 Å². The number of hydrogen-bond donors (Lipinski definition) is 0. The standard InChI is InChI=1S/C23H33N2O3/c1-22(2,3)28-21(27)25(15-9-14-23(4,5)17-25)24-19(16-26)12-13-20(24)18-10-7-6-8-11-18/h6-8,10-11,20H,9,12-15,17H2,1-5H3/q+1. The normalized spacial score (nSPS) is 27.4. The third-order valence-electron chi connectivity index (χ3n) is 5.75. The molecule has 2 heterocycles. The van der Waals surface area contributed by atoms with Gasteiger partial charge in [0.1, 0.15) is 24.7 Å². The molecule has 5 heteroatoms. The van der Waals surface area contributed by atoms with E-state index >= 15 is 0 Å². The highest BCUT2D eigenvalue weighted by molar-refractivity contribution is 5.61. The first-order valence-corrected chi connectivity index (χ1v) is 10.3. The van der Waals surface area contributed by atoms with Gasteiger partial charge in [-0.15, -0.1) is 4.59 Å². The predicted molar refractivity (Wildman–Crippen MR) is 109 cm³/mol. The van der Waals surface area contributed by atoms with Crippen molar-refractivity contribution in [1.29, 1.82) is 0 Å². The van der Waals surface area contributed by atoms with Crippen molar-refractivity contribution in [2.24, 2.45) is 5.41 Å². The number of piperidine rings is 1. The molecule has 0 spiro atoms. The summed E-state index contributed by atoms with van der Waals surface area (Å²) in [4.78, 5) is 25.5. The van der Waals surface area contributed by atoms with Crippen LogP contribution < -0.4 is 0 Å². The predicted octanol–water partition coefficient (Wildman–Crippen LogP) is 5.03. The van der Waals surface area contributed by atoms with Gasteiger partial charge >= 0.3 is 6.09 Å². The smallest absolute Gasteiger partial charge is 0.413 e. The van der Waals surface area contributed by atoms with E-state index < -0.39 is 5.60 Å². The molecule has 0 bridgehead atoms. The number of carbonyl (C=O) groups is 1. The molecule has 2 unspecified atom stereocenters. The zero-order chi connectivity index (χ0) is 20.6. The molecule has 0 N–H and O–H groups in total. The van der Waals surface area contributed by atoms with Gasteiger partial charge in [-0.1, -0.05) is 44.2 Å². The molecule has 2 aliphatic heterocycles. The Labute approximate surface area is 168 Å². The van der Waals surface area contributed by atoms with Crippen molar-refractivity contribution < 1.29 is 18.9 Å². The van der Waals surface area contributed by atoms with Gasteiger partial charge in [-0.3, -0.25) is 0 Å². The third kappa shape index (κ3) is 4.01. The summed E-state index contributed by atoms with van der Waals surface area (Å²) < 4.78 is 5.96. The molecule has 0 saturated carbocycles. The summed E-state index contributed by atoms with van der Waals surface area (Å²) in [6.45, 7) is 11.3. The number of likely N-dealkylation sites (tertiary alicyclic amines) is 1. The van der Waals surface area contributed by atoms with Crippen LogP contribution >= 0.6 is 0 Å². The second kappa shape index (κ2) is 7.38. The van der Waals surface area contributed by atoms with Gasteiger partial charge in [-0.05, 0) is 39.2 Å². The van der Waals surface area contributed by atoms with Gasteiger partial charge < -0.3 is 4.74 Å². The molecule has 0 aliphatic carbocycles. The molecule has 1 aromatic rings. The lowest BCUT2D eigenvalue weighted by Gasteiger charge is -2.50. The van der Waals surface area contributed by atoms with E-state index in [-0.39, 0.29) is 22.1 Å². The number of hydrogen-bond acceptors (Lipinski definition) is 4. The minimum atomic E-state index is -0.586. The molecule has 152 valence electrons. The van der Waals surface area contributed by atoms with Crippen LogP contribution in [0.25, 0.3) is 0 Å². The summed E-state index contributed by atoms with van der Waals surface area (Å²) >= 11 is 0. The zero-order valence-electron chi connectivity index (χ0n) is 17.8. The van der Waals surface area contributed by atoms with Crippen molar-refractivity contribution in [3.63, 3.8) is 0 Å². The monoisotopic (exact) mass is 385 g/mol. The van der Waals surface area contributed by atoms with Crippen molar-refractivity contribution in [2.45, 2.75) is 71.9 Å². The molecular weight excluding hydrogens is 352 g/mol. The van der Waals surface area contributed by atoms with E-state index in [4.69, 9.17) is 4.74 Å². The van der Waals surface area contributed by atoms with Crippen LogP contribution in [0.3, 0.4) is 0 Å². The first-order chi connectivity index (χ1) is 13.1. The molecule has 5 nitrogen and oxygen atoms in total. The fourth-order valence-corrected chi connectivity index (χ4v) is 4.74. The summed E-state index contributed by atoms with van der Waals surface area (Å²) in [7, 11) is 0. The lowest BCUT2D eigenvalue weighted by Crippen LogP contribution is -2.68. The van der Waals surface area contributed by atoms with Crippen molar-refractivity contribution in [2.75, 3.05) is 13.1 Å². The molecule has 2 atom stereocenters. The molecule has 0 radical (unpaired) electrons. The fourth-order valence-electron chi connectivity index (χ4n) is 4.74. The van der Waals surface area contributed by atoms with Crippen LogP contribution in [0.1, 0.15) is 71.9 Å². The van der Waals surface area contributed by atoms with Crippen LogP contribution in [-0.2, 0) is 9.53 Å². The summed E-state index contributed by atoms with van der Waals surface area (Å²) in [5.74, 6) is 2.15. The van der Waals surface area contributed by atoms with Gasteiger partial charge in [0.15, 0.2) is 11.6 Å². The Morgan fingerprint density at radius 3 is 2.50 bits per heavy atom. The molecular formula is C23H33N2O3+. The van der Waals surface area contributed by atoms with E-state index in [0.717, 1.165) is 24.8 Å². The number of amides is 1. The minimum Gasteiger partial charge on any atom is -0.413 e. The Morgan fingerprint density at radius 2 is 1.93 bits per heavy atom. The van der Waals surface area contributed by atoms with Gasteiger partial charge in [0.05, 0.1) is 0 Å². The van der Waals surface area contributed by atoms with Crippen molar-refractivity contribution in [3.8, 4) is 0 Å². The van der Waals surface area contributed by atoms with Crippen LogP contribution in [0, 0.1) is 5.41 Å². The Balaban J connectivity index is 2.11. The number of allylic oxidation sites excluding steroid dienone is 1. The number of rotatable bonds is 2. The highest BCUT2D eigenvalue weighted by Crippen LogP contribution is 2.46. The van der Waals surface area contributed by atoms with Crippen LogP contribution in [0.5, 0.6) is 0 Å². The largest absolute Gasteiger partial charge is 0.542 e. The summed E-state index contributed by atoms with van der Waals surface area (Å²) in [6.07, 6.45) is 3.14. The lowest BCUT2D eigenvalue weighted by atomic mass is 9.83. The molecule has 1 aromatic carbocycles. The minimum absolute atomic E-state index is 0.0209. The molecule has 2 fully saturated rings. The van der Waals surface area contributed by atoms with E-state index in [1.165, 1.54) is 0 Å². The molecule has 28 heavy (non-hydrogen) atoms. The fraction of sp³-hybridized carbons (Fsp3) is 0.609. The molecule has 1 amide bonds. The van der Waals surface area contributed by atoms with Crippen LogP contribution in [0.15, 0.2) is 36.0 Å². The quantitative estimate of drug-likeness (QED) is 0.529. The SMILES string of the molecule is CC1(C)CCC[N+](C(=O)OC(C)(C)C)(N2C(=C=O)CCC2c2ccccc2)C1. The van der Waals surface area contributed by atoms with Crippen LogP contribution in [0.2, 0.25) is 0 Å². The molecule has 0 aromatic heterocycles. The maximum atomic E-state index is 13.6. The first kappa shape index (κ1) is 20.6. The number of quaternary nitrogens is 1. The van der Waals surface area contributed by atoms with Gasteiger partial charge in [-0.25, -0.2) is 4.79 Å². The lowest BCUT2D eigenvalue weighted by molar-refractivity contribution is -0.979. The van der Waals surface area contributed by atoms with E-state index in [0.29, 0.717) is 25.2 Å². The maximum absolute atomic E-state index is 13.6. The molecule has 3 rings (SSSR count). The van der Waals surface area contributed by atoms with Gasteiger partial charge in [0.25, 0.3) is 0 Å². The van der Waals surface area contributed by atoms with Crippen LogP contribution in [0.4, 0.5) is 4.79 Å². The number of ether oxygens (including phenoxy) is 1. The average molecular weight is 386 g/mol. The zero-order valence-corrected chi connectivity index (χ0v) is 17.8. The second-order valence-corrected chi connectivity index (χ2v) is 9.91. The van der Waals surface area contributed by atoms with E-state index in [9.17, 15) is 9.59 Å². The Hall–Kier alpha value is -2.10. The Kier molecular flexibility index (Phi) is 5.44.